The molecular weight excluding hydrogens is 434 g/mol. The molecule has 4 rings (SSSR count). The number of thioether (sulfide) groups is 1. The van der Waals surface area contributed by atoms with Crippen molar-refractivity contribution in [1.29, 1.82) is 0 Å². The van der Waals surface area contributed by atoms with Crippen molar-refractivity contribution in [3.8, 4) is 5.75 Å². The van der Waals surface area contributed by atoms with Crippen LogP contribution in [0, 0.1) is 0 Å². The maximum atomic E-state index is 13.4. The number of rotatable bonds is 7. The summed E-state index contributed by atoms with van der Waals surface area (Å²) in [4.78, 5) is 28.2. The number of ether oxygens (including phenoxy) is 1. The van der Waals surface area contributed by atoms with Gasteiger partial charge in [0, 0.05) is 5.02 Å². The first-order valence-corrected chi connectivity index (χ1v) is 11.1. The van der Waals surface area contributed by atoms with Crippen molar-refractivity contribution in [2.24, 2.45) is 0 Å². The summed E-state index contributed by atoms with van der Waals surface area (Å²) in [6.07, 6.45) is 1.62. The number of imide groups is 1. The van der Waals surface area contributed by atoms with Gasteiger partial charge in [-0.05, 0) is 67.9 Å². The average Bonchev–Trinajstić information content (AvgIpc) is 3.34. The van der Waals surface area contributed by atoms with Crippen LogP contribution in [0.2, 0.25) is 5.02 Å². The monoisotopic (exact) mass is 453 g/mol. The Morgan fingerprint density at radius 1 is 1.00 bits per heavy atom. The van der Waals surface area contributed by atoms with E-state index in [0.29, 0.717) is 38.3 Å². The van der Waals surface area contributed by atoms with Crippen LogP contribution in [0.3, 0.4) is 0 Å². The zero-order valence-corrected chi connectivity index (χ0v) is 18.6. The Hall–Kier alpha value is -2.96. The van der Waals surface area contributed by atoms with E-state index in [1.165, 1.54) is 16.7 Å². The fourth-order valence-corrected chi connectivity index (χ4v) is 4.37. The molecule has 5 nitrogen and oxygen atoms in total. The number of anilines is 1. The number of hydrogen-bond acceptors (Lipinski definition) is 5. The van der Waals surface area contributed by atoms with E-state index in [2.05, 4.69) is 0 Å². The van der Waals surface area contributed by atoms with Gasteiger partial charge in [-0.15, -0.1) is 11.8 Å². The lowest BCUT2D eigenvalue weighted by Crippen LogP contribution is -2.31. The molecule has 0 bridgehead atoms. The zero-order chi connectivity index (χ0) is 22.0. The third-order valence-corrected chi connectivity index (χ3v) is 5.93. The maximum absolute atomic E-state index is 13.4. The summed E-state index contributed by atoms with van der Waals surface area (Å²) >= 11 is 7.27. The Bertz CT molecular complexity index is 1120. The van der Waals surface area contributed by atoms with Gasteiger partial charge in [-0.25, -0.2) is 4.90 Å². The van der Waals surface area contributed by atoms with Crippen LogP contribution in [-0.4, -0.2) is 17.9 Å². The lowest BCUT2D eigenvalue weighted by molar-refractivity contribution is -0.119. The molecule has 0 saturated heterocycles. The predicted molar refractivity (Wildman–Crippen MR) is 123 cm³/mol. The SMILES string of the molecule is CC(C)Oc1ccc(C2=C(SCc3ccco3)C(=O)N(c3ccc(Cl)cc3)C2=O)cc1. The minimum absolute atomic E-state index is 0.0413. The van der Waals surface area contributed by atoms with E-state index >= 15 is 0 Å². The van der Waals surface area contributed by atoms with Crippen molar-refractivity contribution >= 4 is 46.4 Å². The molecule has 1 aromatic heterocycles. The minimum Gasteiger partial charge on any atom is -0.491 e. The number of furan rings is 1. The second-order valence-corrected chi connectivity index (χ2v) is 8.61. The molecule has 3 aromatic rings. The smallest absolute Gasteiger partial charge is 0.272 e. The molecule has 31 heavy (non-hydrogen) atoms. The third-order valence-electron chi connectivity index (χ3n) is 4.58. The summed E-state index contributed by atoms with van der Waals surface area (Å²) in [5.41, 5.74) is 1.51. The van der Waals surface area contributed by atoms with Gasteiger partial charge in [0.15, 0.2) is 0 Å². The summed E-state index contributed by atoms with van der Waals surface area (Å²) in [6, 6.07) is 17.5. The Labute approximate surface area is 189 Å². The Kier molecular flexibility index (Phi) is 6.20. The van der Waals surface area contributed by atoms with E-state index in [0.717, 1.165) is 5.76 Å². The number of hydrogen-bond donors (Lipinski definition) is 0. The van der Waals surface area contributed by atoms with Crippen molar-refractivity contribution in [3.05, 3.63) is 88.2 Å². The fraction of sp³-hybridized carbons (Fsp3) is 0.167. The fourth-order valence-electron chi connectivity index (χ4n) is 3.23. The van der Waals surface area contributed by atoms with Crippen molar-refractivity contribution in [3.63, 3.8) is 0 Å². The molecule has 0 fully saturated rings. The van der Waals surface area contributed by atoms with Gasteiger partial charge in [-0.2, -0.15) is 0 Å². The van der Waals surface area contributed by atoms with Crippen LogP contribution < -0.4 is 9.64 Å². The van der Waals surface area contributed by atoms with Gasteiger partial charge in [0.05, 0.1) is 34.3 Å². The molecule has 7 heteroatoms. The molecule has 2 amide bonds. The summed E-state index contributed by atoms with van der Waals surface area (Å²) in [5, 5.41) is 0.532. The molecule has 2 aromatic carbocycles. The lowest BCUT2D eigenvalue weighted by Gasteiger charge is -2.15. The molecule has 0 saturated carbocycles. The maximum Gasteiger partial charge on any atom is 0.272 e. The van der Waals surface area contributed by atoms with E-state index in [4.69, 9.17) is 20.8 Å². The Morgan fingerprint density at radius 3 is 2.32 bits per heavy atom. The predicted octanol–water partition coefficient (Wildman–Crippen LogP) is 5.94. The second kappa shape index (κ2) is 9.04. The highest BCUT2D eigenvalue weighted by atomic mass is 35.5. The van der Waals surface area contributed by atoms with Gasteiger partial charge >= 0.3 is 0 Å². The topological polar surface area (TPSA) is 59.8 Å². The van der Waals surface area contributed by atoms with Gasteiger partial charge in [-0.1, -0.05) is 23.7 Å². The van der Waals surface area contributed by atoms with Crippen LogP contribution in [0.1, 0.15) is 25.2 Å². The van der Waals surface area contributed by atoms with Crippen LogP contribution in [0.15, 0.2) is 76.2 Å². The summed E-state index contributed by atoms with van der Waals surface area (Å²) in [6.45, 7) is 3.89. The number of benzene rings is 2. The highest BCUT2D eigenvalue weighted by molar-refractivity contribution is 8.03. The zero-order valence-electron chi connectivity index (χ0n) is 17.0. The number of halogens is 1. The van der Waals surface area contributed by atoms with Gasteiger partial charge in [0.2, 0.25) is 0 Å². The molecular formula is C24H20ClNO4S. The number of carbonyl (C=O) groups excluding carboxylic acids is 2. The van der Waals surface area contributed by atoms with E-state index < -0.39 is 0 Å². The molecule has 158 valence electrons. The molecule has 1 aliphatic heterocycles. The van der Waals surface area contributed by atoms with E-state index in [1.807, 2.05) is 19.9 Å². The van der Waals surface area contributed by atoms with Crippen LogP contribution in [0.4, 0.5) is 5.69 Å². The first-order chi connectivity index (χ1) is 14.9. The summed E-state index contributed by atoms with van der Waals surface area (Å²) in [7, 11) is 0. The highest BCUT2D eigenvalue weighted by Crippen LogP contribution is 2.40. The molecule has 0 unspecified atom stereocenters. The van der Waals surface area contributed by atoms with Gasteiger partial charge < -0.3 is 9.15 Å². The normalized spacial score (nSPS) is 14.1. The lowest BCUT2D eigenvalue weighted by atomic mass is 10.1. The van der Waals surface area contributed by atoms with E-state index in [9.17, 15) is 9.59 Å². The highest BCUT2D eigenvalue weighted by Gasteiger charge is 2.40. The Balaban J connectivity index is 1.71. The number of nitrogens with zero attached hydrogens (tertiary/aromatic N) is 1. The molecule has 0 spiro atoms. The van der Waals surface area contributed by atoms with Gasteiger partial charge in [0.1, 0.15) is 11.5 Å². The molecule has 2 heterocycles. The largest absolute Gasteiger partial charge is 0.491 e. The second-order valence-electron chi connectivity index (χ2n) is 7.19. The summed E-state index contributed by atoms with van der Waals surface area (Å²) in [5.74, 6) is 1.14. The van der Waals surface area contributed by atoms with E-state index in [1.54, 1.807) is 60.9 Å². The third kappa shape index (κ3) is 4.55. The van der Waals surface area contributed by atoms with Crippen molar-refractivity contribution in [1.82, 2.24) is 0 Å². The van der Waals surface area contributed by atoms with Crippen LogP contribution in [0.25, 0.3) is 5.57 Å². The molecule has 0 N–H and O–H groups in total. The first-order valence-electron chi connectivity index (χ1n) is 9.75. The van der Waals surface area contributed by atoms with Crippen molar-refractivity contribution in [2.45, 2.75) is 25.7 Å². The van der Waals surface area contributed by atoms with E-state index in [-0.39, 0.29) is 17.9 Å². The molecule has 1 aliphatic rings. The number of carbonyl (C=O) groups is 2. The quantitative estimate of drug-likeness (QED) is 0.414. The van der Waals surface area contributed by atoms with Crippen LogP contribution >= 0.6 is 23.4 Å². The van der Waals surface area contributed by atoms with Crippen molar-refractivity contribution < 1.29 is 18.7 Å². The van der Waals surface area contributed by atoms with Crippen LogP contribution in [-0.2, 0) is 15.3 Å². The van der Waals surface area contributed by atoms with Gasteiger partial charge in [-0.3, -0.25) is 9.59 Å². The van der Waals surface area contributed by atoms with Crippen molar-refractivity contribution in [2.75, 3.05) is 4.90 Å². The minimum atomic E-state index is -0.369. The van der Waals surface area contributed by atoms with Gasteiger partial charge in [0.25, 0.3) is 11.8 Å². The average molecular weight is 454 g/mol. The number of amides is 2. The molecule has 0 radical (unpaired) electrons. The van der Waals surface area contributed by atoms with Crippen LogP contribution in [0.5, 0.6) is 5.75 Å². The summed E-state index contributed by atoms with van der Waals surface area (Å²) < 4.78 is 11.1. The molecule has 0 atom stereocenters. The molecule has 0 aliphatic carbocycles. The Morgan fingerprint density at radius 2 is 1.71 bits per heavy atom. The standard InChI is InChI=1S/C24H20ClNO4S/c1-15(2)30-19-11-5-16(6-12-19)21-22(31-14-20-4-3-13-29-20)24(28)26(23(21)27)18-9-7-17(25)8-10-18/h3-13,15H,14H2,1-2H3. The first kappa shape index (κ1) is 21.3.